The molecule has 0 radical (unpaired) electrons. The summed E-state index contributed by atoms with van der Waals surface area (Å²) < 4.78 is 0. The van der Waals surface area contributed by atoms with E-state index in [1.807, 2.05) is 6.92 Å². The van der Waals surface area contributed by atoms with Gasteiger partial charge in [0.1, 0.15) is 0 Å². The van der Waals surface area contributed by atoms with Crippen LogP contribution >= 0.6 is 0 Å². The summed E-state index contributed by atoms with van der Waals surface area (Å²) in [6.07, 6.45) is 10.8. The molecule has 4 N–H and O–H groups in total. The highest BCUT2D eigenvalue weighted by Crippen LogP contribution is 2.13. The van der Waals surface area contributed by atoms with Gasteiger partial charge in [0.25, 0.3) is 0 Å². The first-order valence-corrected chi connectivity index (χ1v) is 13.7. The van der Waals surface area contributed by atoms with E-state index in [4.69, 9.17) is 20.4 Å². The molecule has 0 aliphatic carbocycles. The highest BCUT2D eigenvalue weighted by atomic mass is 16.4. The number of unbranched alkanes of at least 4 members (excludes halogenated alkanes) is 3. The highest BCUT2D eigenvalue weighted by molar-refractivity contribution is 5.87. The number of hydrogen-bond acceptors (Lipinski definition) is 4. The number of benzene rings is 2. The van der Waals surface area contributed by atoms with Crippen molar-refractivity contribution in [3.05, 3.63) is 83.9 Å². The van der Waals surface area contributed by atoms with Crippen LogP contribution in [0.4, 0.5) is 0 Å². The predicted octanol–water partition coefficient (Wildman–Crippen LogP) is 8.00. The molecule has 0 aliphatic heterocycles. The Morgan fingerprint density at radius 1 is 0.711 bits per heavy atom. The van der Waals surface area contributed by atoms with E-state index in [2.05, 4.69) is 20.4 Å². The van der Waals surface area contributed by atoms with Crippen molar-refractivity contribution < 1.29 is 30.0 Å². The third kappa shape index (κ3) is 24.7. The summed E-state index contributed by atoms with van der Waals surface area (Å²) in [4.78, 5) is 20.4. The zero-order valence-corrected chi connectivity index (χ0v) is 23.8. The third-order valence-corrected chi connectivity index (χ3v) is 5.29. The lowest BCUT2D eigenvalue weighted by Gasteiger charge is -2.09. The van der Waals surface area contributed by atoms with Crippen LogP contribution in [-0.4, -0.2) is 44.6 Å². The van der Waals surface area contributed by atoms with Crippen molar-refractivity contribution in [1.29, 1.82) is 0 Å². The number of aromatic carboxylic acids is 2. The first kappa shape index (κ1) is 37.2. The van der Waals surface area contributed by atoms with Gasteiger partial charge in [-0.3, -0.25) is 0 Å². The summed E-state index contributed by atoms with van der Waals surface area (Å²) in [6, 6.07) is 16.6. The number of hydrogen-bond donors (Lipinski definition) is 4. The van der Waals surface area contributed by atoms with Gasteiger partial charge in [0.2, 0.25) is 0 Å². The molecule has 2 atom stereocenters. The summed E-state index contributed by atoms with van der Waals surface area (Å²) >= 11 is 0. The molecule has 0 saturated carbocycles. The van der Waals surface area contributed by atoms with E-state index in [0.717, 1.165) is 12.8 Å². The van der Waals surface area contributed by atoms with Gasteiger partial charge in [0.05, 0.1) is 23.3 Å². The second-order valence-electron chi connectivity index (χ2n) is 9.18. The molecule has 0 heterocycles. The van der Waals surface area contributed by atoms with E-state index in [1.165, 1.54) is 50.5 Å². The Balaban J connectivity index is 0. The lowest BCUT2D eigenvalue weighted by molar-refractivity contribution is 0.0686. The summed E-state index contributed by atoms with van der Waals surface area (Å²) in [7, 11) is 0. The molecule has 2 rings (SSSR count). The fourth-order valence-electron chi connectivity index (χ4n) is 3.18. The van der Waals surface area contributed by atoms with E-state index >= 15 is 0 Å². The average Bonchev–Trinajstić information content (AvgIpc) is 2.89. The molecular formula is C32H50O6. The molecule has 2 aromatic carbocycles. The molecule has 2 aromatic rings. The van der Waals surface area contributed by atoms with E-state index in [9.17, 15) is 9.59 Å². The average molecular weight is 531 g/mol. The minimum Gasteiger partial charge on any atom is -0.478 e. The summed E-state index contributed by atoms with van der Waals surface area (Å²) in [5.74, 6) is -1.76. The lowest BCUT2D eigenvalue weighted by Crippen LogP contribution is -2.13. The topological polar surface area (TPSA) is 115 Å². The fraction of sp³-hybridized carbons (Fsp3) is 0.500. The SMILES string of the molecule is C=C(CCCC)CCCCC.CCCC(O)CC(C)O.O=C(O)c1ccccc1.O=C(O)c1ccccc1. The Morgan fingerprint density at radius 3 is 1.45 bits per heavy atom. The van der Waals surface area contributed by atoms with Gasteiger partial charge in [-0.2, -0.15) is 0 Å². The van der Waals surface area contributed by atoms with Crippen molar-refractivity contribution in [2.75, 3.05) is 0 Å². The largest absolute Gasteiger partial charge is 0.478 e. The van der Waals surface area contributed by atoms with Crippen LogP contribution in [0.1, 0.15) is 113 Å². The van der Waals surface area contributed by atoms with E-state index < -0.39 is 11.9 Å². The third-order valence-electron chi connectivity index (χ3n) is 5.29. The molecular weight excluding hydrogens is 480 g/mol. The number of rotatable bonds is 13. The Labute approximate surface area is 230 Å². The number of aliphatic hydroxyl groups excluding tert-OH is 2. The molecule has 0 spiro atoms. The molecule has 6 nitrogen and oxygen atoms in total. The number of carboxylic acids is 2. The molecule has 0 saturated heterocycles. The molecule has 0 bridgehead atoms. The van der Waals surface area contributed by atoms with Crippen LogP contribution < -0.4 is 0 Å². The summed E-state index contributed by atoms with van der Waals surface area (Å²) in [6.45, 7) is 12.3. The molecule has 2 unspecified atom stereocenters. The standard InChI is InChI=1S/C11H22.2C7H6O2.C7H16O2/c1-4-6-8-10-11(3)9-7-5-2;2*8-7(9)6-4-2-1-3-5-6;1-3-4-7(9)5-6(2)8/h3-10H2,1-2H3;2*1-5H,(H,8,9);6-9H,3-5H2,1-2H3. The smallest absolute Gasteiger partial charge is 0.335 e. The van der Waals surface area contributed by atoms with Gasteiger partial charge in [-0.15, -0.1) is 0 Å². The van der Waals surface area contributed by atoms with Crippen LogP contribution in [0.2, 0.25) is 0 Å². The zero-order valence-electron chi connectivity index (χ0n) is 23.8. The van der Waals surface area contributed by atoms with Gasteiger partial charge >= 0.3 is 11.9 Å². The quantitative estimate of drug-likeness (QED) is 0.154. The van der Waals surface area contributed by atoms with Crippen molar-refractivity contribution in [3.8, 4) is 0 Å². The maximum Gasteiger partial charge on any atom is 0.335 e. The van der Waals surface area contributed by atoms with Crippen molar-refractivity contribution in [1.82, 2.24) is 0 Å². The molecule has 6 heteroatoms. The van der Waals surface area contributed by atoms with Crippen LogP contribution in [0.25, 0.3) is 0 Å². The molecule has 38 heavy (non-hydrogen) atoms. The minimum atomic E-state index is -0.879. The predicted molar refractivity (Wildman–Crippen MR) is 157 cm³/mol. The first-order chi connectivity index (χ1) is 18.1. The number of carbonyl (C=O) groups is 2. The summed E-state index contributed by atoms with van der Waals surface area (Å²) in [5.41, 5.74) is 2.12. The van der Waals surface area contributed by atoms with E-state index in [0.29, 0.717) is 17.5 Å². The zero-order chi connectivity index (χ0) is 29.2. The van der Waals surface area contributed by atoms with Gasteiger partial charge in [-0.1, -0.05) is 95.0 Å². The Bertz CT molecular complexity index is 784. The Morgan fingerprint density at radius 2 is 1.13 bits per heavy atom. The van der Waals surface area contributed by atoms with Crippen LogP contribution in [0, 0.1) is 0 Å². The summed E-state index contributed by atoms with van der Waals surface area (Å²) in [5, 5.41) is 34.6. The fourth-order valence-corrected chi connectivity index (χ4v) is 3.18. The molecule has 0 amide bonds. The highest BCUT2D eigenvalue weighted by Gasteiger charge is 2.05. The van der Waals surface area contributed by atoms with Crippen LogP contribution in [0.5, 0.6) is 0 Å². The van der Waals surface area contributed by atoms with Gasteiger partial charge in [-0.25, -0.2) is 9.59 Å². The van der Waals surface area contributed by atoms with Crippen molar-refractivity contribution >= 4 is 11.9 Å². The minimum absolute atomic E-state index is 0.310. The van der Waals surface area contributed by atoms with Gasteiger partial charge in [-0.05, 0) is 69.7 Å². The van der Waals surface area contributed by atoms with Gasteiger partial charge in [0, 0.05) is 0 Å². The van der Waals surface area contributed by atoms with Crippen molar-refractivity contribution in [3.63, 3.8) is 0 Å². The maximum atomic E-state index is 10.2. The maximum absolute atomic E-state index is 10.2. The van der Waals surface area contributed by atoms with Crippen molar-refractivity contribution in [2.24, 2.45) is 0 Å². The van der Waals surface area contributed by atoms with Gasteiger partial charge < -0.3 is 20.4 Å². The molecule has 0 aliphatic rings. The van der Waals surface area contributed by atoms with Crippen LogP contribution in [-0.2, 0) is 0 Å². The Hall–Kier alpha value is -2.96. The first-order valence-electron chi connectivity index (χ1n) is 13.7. The number of carboxylic acid groups (broad SMARTS) is 2. The van der Waals surface area contributed by atoms with Crippen LogP contribution in [0.15, 0.2) is 72.8 Å². The van der Waals surface area contributed by atoms with E-state index in [1.54, 1.807) is 67.6 Å². The molecule has 214 valence electrons. The molecule has 0 fully saturated rings. The van der Waals surface area contributed by atoms with Crippen molar-refractivity contribution in [2.45, 2.75) is 104 Å². The monoisotopic (exact) mass is 530 g/mol. The number of allylic oxidation sites excluding steroid dienone is 1. The normalized spacial score (nSPS) is 11.2. The van der Waals surface area contributed by atoms with E-state index in [-0.39, 0.29) is 12.2 Å². The molecule has 0 aromatic heterocycles. The second-order valence-corrected chi connectivity index (χ2v) is 9.18. The van der Waals surface area contributed by atoms with Gasteiger partial charge in [0.15, 0.2) is 0 Å². The Kier molecular flexibility index (Phi) is 25.1. The lowest BCUT2D eigenvalue weighted by atomic mass is 10.0. The number of aliphatic hydroxyl groups is 2. The van der Waals surface area contributed by atoms with Crippen LogP contribution in [0.3, 0.4) is 0 Å². The second kappa shape index (κ2) is 25.7.